The van der Waals surface area contributed by atoms with Crippen LogP contribution in [0.3, 0.4) is 0 Å². The molecule has 1 saturated carbocycles. The molecule has 0 aromatic carbocycles. The Morgan fingerprint density at radius 1 is 1.12 bits per heavy atom. The lowest BCUT2D eigenvalue weighted by molar-refractivity contribution is -0.129. The van der Waals surface area contributed by atoms with E-state index >= 15 is 0 Å². The Hall–Kier alpha value is -0.120. The average Bonchev–Trinajstić information content (AvgIpc) is 2.22. The second kappa shape index (κ2) is 6.58. The minimum absolute atomic E-state index is 0.122. The van der Waals surface area contributed by atoms with Gasteiger partial charge >= 0.3 is 0 Å². The molecule has 3 N–H and O–H groups in total. The quantitative estimate of drug-likeness (QED) is 0.777. The topological polar surface area (TPSA) is 55.5 Å². The van der Waals surface area contributed by atoms with E-state index in [0.29, 0.717) is 6.54 Å². The van der Waals surface area contributed by atoms with Gasteiger partial charge in [-0.2, -0.15) is 0 Å². The molecule has 0 spiro atoms. The second-order valence-electron chi connectivity index (χ2n) is 5.22. The van der Waals surface area contributed by atoms with Gasteiger partial charge in [0.1, 0.15) is 0 Å². The van der Waals surface area contributed by atoms with Gasteiger partial charge in [-0.25, -0.2) is 0 Å². The van der Waals surface area contributed by atoms with E-state index in [4.69, 9.17) is 10.5 Å². The van der Waals surface area contributed by atoms with Crippen molar-refractivity contribution in [3.8, 4) is 0 Å². The normalized spacial score (nSPS) is 25.5. The highest BCUT2D eigenvalue weighted by atomic mass is 16.5. The number of hydrogen-bond acceptors (Lipinski definition) is 3. The maximum absolute atomic E-state index is 9.52. The van der Waals surface area contributed by atoms with Crippen molar-refractivity contribution in [2.24, 2.45) is 5.73 Å². The van der Waals surface area contributed by atoms with Gasteiger partial charge in [0.05, 0.1) is 17.8 Å². The van der Waals surface area contributed by atoms with Crippen LogP contribution in [-0.4, -0.2) is 29.5 Å². The molecule has 16 heavy (non-hydrogen) atoms. The Morgan fingerprint density at radius 2 is 1.62 bits per heavy atom. The number of rotatable bonds is 4. The molecule has 1 aliphatic rings. The first-order chi connectivity index (χ1) is 7.59. The van der Waals surface area contributed by atoms with E-state index in [2.05, 4.69) is 0 Å². The molecule has 1 aliphatic carbocycles. The van der Waals surface area contributed by atoms with Crippen molar-refractivity contribution in [3.05, 3.63) is 0 Å². The monoisotopic (exact) mass is 229 g/mol. The van der Waals surface area contributed by atoms with Crippen LogP contribution in [0.25, 0.3) is 0 Å². The fourth-order valence-corrected chi connectivity index (χ4v) is 2.41. The molecule has 2 atom stereocenters. The van der Waals surface area contributed by atoms with Crippen molar-refractivity contribution in [2.45, 2.75) is 76.6 Å². The van der Waals surface area contributed by atoms with E-state index in [1.165, 1.54) is 32.1 Å². The molecule has 1 rings (SSSR count). The highest BCUT2D eigenvalue weighted by Gasteiger charge is 2.32. The third kappa shape index (κ3) is 4.04. The largest absolute Gasteiger partial charge is 0.391 e. The summed E-state index contributed by atoms with van der Waals surface area (Å²) >= 11 is 0. The van der Waals surface area contributed by atoms with E-state index < -0.39 is 6.10 Å². The summed E-state index contributed by atoms with van der Waals surface area (Å²) in [7, 11) is 0. The van der Waals surface area contributed by atoms with Gasteiger partial charge in [-0.05, 0) is 26.7 Å². The molecule has 0 aromatic rings. The summed E-state index contributed by atoms with van der Waals surface area (Å²) in [6.07, 6.45) is 7.85. The van der Waals surface area contributed by atoms with Gasteiger partial charge < -0.3 is 15.6 Å². The summed E-state index contributed by atoms with van der Waals surface area (Å²) in [6, 6.07) is 0. The molecule has 96 valence electrons. The molecule has 2 unspecified atom stereocenters. The number of nitrogens with two attached hydrogens (primary N) is 1. The molecule has 3 nitrogen and oxygen atoms in total. The number of ether oxygens (including phenoxy) is 1. The van der Waals surface area contributed by atoms with Gasteiger partial charge in [0.25, 0.3) is 0 Å². The van der Waals surface area contributed by atoms with Crippen LogP contribution < -0.4 is 5.73 Å². The zero-order valence-electron chi connectivity index (χ0n) is 10.7. The molecule has 0 radical (unpaired) electrons. The number of aliphatic hydroxyl groups is 1. The average molecular weight is 229 g/mol. The molecule has 0 amide bonds. The molecule has 0 aliphatic heterocycles. The first kappa shape index (κ1) is 13.9. The molecule has 0 saturated heterocycles. The van der Waals surface area contributed by atoms with Crippen LogP contribution in [0.15, 0.2) is 0 Å². The van der Waals surface area contributed by atoms with E-state index in [9.17, 15) is 5.11 Å². The lowest BCUT2D eigenvalue weighted by atomic mass is 9.86. The van der Waals surface area contributed by atoms with E-state index in [-0.39, 0.29) is 11.7 Å². The van der Waals surface area contributed by atoms with Crippen molar-refractivity contribution in [2.75, 3.05) is 6.54 Å². The predicted octanol–water partition coefficient (Wildman–Crippen LogP) is 2.21. The molecule has 0 aromatic heterocycles. The Kier molecular flexibility index (Phi) is 5.73. The molecule has 1 fully saturated rings. The maximum atomic E-state index is 9.52. The molecular formula is C13H27NO2. The van der Waals surface area contributed by atoms with Crippen molar-refractivity contribution in [3.63, 3.8) is 0 Å². The predicted molar refractivity (Wildman–Crippen MR) is 66.3 cm³/mol. The third-order valence-electron chi connectivity index (χ3n) is 3.75. The summed E-state index contributed by atoms with van der Waals surface area (Å²) in [5.41, 5.74) is 5.72. The van der Waals surface area contributed by atoms with Gasteiger partial charge in [0.15, 0.2) is 0 Å². The van der Waals surface area contributed by atoms with Crippen LogP contribution in [0.5, 0.6) is 0 Å². The smallest absolute Gasteiger partial charge is 0.0811 e. The minimum Gasteiger partial charge on any atom is -0.391 e. The van der Waals surface area contributed by atoms with Crippen molar-refractivity contribution >= 4 is 0 Å². The van der Waals surface area contributed by atoms with Gasteiger partial charge in [0, 0.05) is 6.54 Å². The SMILES string of the molecule is CC(O)C(C)OC1(CN)CCCCCCC1. The first-order valence-corrected chi connectivity index (χ1v) is 6.65. The Balaban J connectivity index is 2.58. The minimum atomic E-state index is -0.422. The summed E-state index contributed by atoms with van der Waals surface area (Å²) in [6.45, 7) is 4.28. The van der Waals surface area contributed by atoms with Crippen LogP contribution in [0, 0.1) is 0 Å². The molecule has 0 heterocycles. The van der Waals surface area contributed by atoms with Crippen molar-refractivity contribution in [1.29, 1.82) is 0 Å². The zero-order valence-corrected chi connectivity index (χ0v) is 10.7. The summed E-state index contributed by atoms with van der Waals surface area (Å²) in [4.78, 5) is 0. The van der Waals surface area contributed by atoms with Crippen LogP contribution in [0.4, 0.5) is 0 Å². The van der Waals surface area contributed by atoms with Crippen LogP contribution in [0.2, 0.25) is 0 Å². The fourth-order valence-electron chi connectivity index (χ4n) is 2.41. The second-order valence-corrected chi connectivity index (χ2v) is 5.22. The first-order valence-electron chi connectivity index (χ1n) is 6.65. The summed E-state index contributed by atoms with van der Waals surface area (Å²) < 4.78 is 6.05. The van der Waals surface area contributed by atoms with Gasteiger partial charge in [-0.3, -0.25) is 0 Å². The highest BCUT2D eigenvalue weighted by molar-refractivity contribution is 4.85. The van der Waals surface area contributed by atoms with Gasteiger partial charge in [-0.15, -0.1) is 0 Å². The lowest BCUT2D eigenvalue weighted by Crippen LogP contribution is -2.45. The lowest BCUT2D eigenvalue weighted by Gasteiger charge is -2.37. The third-order valence-corrected chi connectivity index (χ3v) is 3.75. The molecule has 0 bridgehead atoms. The Bertz CT molecular complexity index is 186. The van der Waals surface area contributed by atoms with Crippen molar-refractivity contribution in [1.82, 2.24) is 0 Å². The summed E-state index contributed by atoms with van der Waals surface area (Å²) in [5.74, 6) is 0. The van der Waals surface area contributed by atoms with Gasteiger partial charge in [0.2, 0.25) is 0 Å². The maximum Gasteiger partial charge on any atom is 0.0811 e. The standard InChI is InChI=1S/C13H27NO2/c1-11(15)12(2)16-13(10-14)8-6-4-3-5-7-9-13/h11-12,15H,3-10,14H2,1-2H3. The molecular weight excluding hydrogens is 202 g/mol. The highest BCUT2D eigenvalue weighted by Crippen LogP contribution is 2.30. The Morgan fingerprint density at radius 3 is 2.06 bits per heavy atom. The van der Waals surface area contributed by atoms with E-state index in [0.717, 1.165) is 12.8 Å². The zero-order chi connectivity index (χ0) is 12.0. The number of aliphatic hydroxyl groups excluding tert-OH is 1. The van der Waals surface area contributed by atoms with Crippen molar-refractivity contribution < 1.29 is 9.84 Å². The summed E-state index contributed by atoms with van der Waals surface area (Å²) in [5, 5.41) is 9.52. The Labute approximate surface area is 99.4 Å². The van der Waals surface area contributed by atoms with Crippen LogP contribution >= 0.6 is 0 Å². The van der Waals surface area contributed by atoms with E-state index in [1.54, 1.807) is 6.92 Å². The van der Waals surface area contributed by atoms with Crippen LogP contribution in [0.1, 0.15) is 58.8 Å². The van der Waals surface area contributed by atoms with Crippen LogP contribution in [-0.2, 0) is 4.74 Å². The fraction of sp³-hybridized carbons (Fsp3) is 1.00. The van der Waals surface area contributed by atoms with E-state index in [1.807, 2.05) is 6.92 Å². The number of hydrogen-bond donors (Lipinski definition) is 2. The van der Waals surface area contributed by atoms with Gasteiger partial charge in [-0.1, -0.05) is 32.1 Å². The molecule has 3 heteroatoms.